The first kappa shape index (κ1) is 16.7. The molecule has 1 N–H and O–H groups in total. The van der Waals surface area contributed by atoms with Crippen molar-refractivity contribution < 1.29 is 4.39 Å². The molecule has 1 fully saturated rings. The van der Waals surface area contributed by atoms with E-state index in [4.69, 9.17) is 11.6 Å². The minimum absolute atomic E-state index is 0. The van der Waals surface area contributed by atoms with Gasteiger partial charge in [-0.15, -0.1) is 12.4 Å². The molecule has 108 valence electrons. The van der Waals surface area contributed by atoms with E-state index in [1.54, 1.807) is 6.07 Å². The third-order valence-corrected chi connectivity index (χ3v) is 3.71. The molecule has 0 radical (unpaired) electrons. The maximum Gasteiger partial charge on any atom is 0.129 e. The minimum atomic E-state index is -0.181. The Kier molecular flexibility index (Phi) is 7.08. The molecule has 0 spiro atoms. The summed E-state index contributed by atoms with van der Waals surface area (Å²) in [6.07, 6.45) is 2.04. The van der Waals surface area contributed by atoms with Crippen LogP contribution in [0, 0.1) is 5.82 Å². The molecule has 0 saturated carbocycles. The van der Waals surface area contributed by atoms with Crippen LogP contribution in [-0.2, 0) is 0 Å². The zero-order valence-electron chi connectivity index (χ0n) is 11.2. The normalized spacial score (nSPS) is 17.8. The topological polar surface area (TPSA) is 15.3 Å². The van der Waals surface area contributed by atoms with Gasteiger partial charge in [0.15, 0.2) is 0 Å². The fourth-order valence-corrected chi connectivity index (χ4v) is 2.73. The first-order valence-corrected chi connectivity index (χ1v) is 7.00. The van der Waals surface area contributed by atoms with Crippen LogP contribution in [0.25, 0.3) is 0 Å². The van der Waals surface area contributed by atoms with Crippen molar-refractivity contribution in [2.45, 2.75) is 25.8 Å². The largest absolute Gasteiger partial charge is 0.314 e. The second kappa shape index (κ2) is 8.05. The fraction of sp³-hybridized carbons (Fsp3) is 0.571. The lowest BCUT2D eigenvalue weighted by Gasteiger charge is -2.35. The molecule has 0 unspecified atom stereocenters. The van der Waals surface area contributed by atoms with Gasteiger partial charge in [0.05, 0.1) is 0 Å². The number of halogens is 3. The van der Waals surface area contributed by atoms with E-state index in [0.29, 0.717) is 5.02 Å². The maximum absolute atomic E-state index is 14.1. The number of nitrogens with zero attached hydrogens (tertiary/aromatic N) is 1. The van der Waals surface area contributed by atoms with Crippen molar-refractivity contribution in [3.8, 4) is 0 Å². The molecule has 1 heterocycles. The highest BCUT2D eigenvalue weighted by atomic mass is 35.5. The van der Waals surface area contributed by atoms with Gasteiger partial charge in [-0.3, -0.25) is 4.90 Å². The smallest absolute Gasteiger partial charge is 0.129 e. The van der Waals surface area contributed by atoms with Crippen LogP contribution in [0.3, 0.4) is 0 Å². The van der Waals surface area contributed by atoms with Crippen LogP contribution >= 0.6 is 24.0 Å². The highest BCUT2D eigenvalue weighted by molar-refractivity contribution is 6.30. The Morgan fingerprint density at radius 2 is 2.05 bits per heavy atom. The van der Waals surface area contributed by atoms with Crippen molar-refractivity contribution in [3.63, 3.8) is 0 Å². The van der Waals surface area contributed by atoms with Crippen molar-refractivity contribution in [1.29, 1.82) is 0 Å². The van der Waals surface area contributed by atoms with E-state index >= 15 is 0 Å². The van der Waals surface area contributed by atoms with Crippen molar-refractivity contribution in [3.05, 3.63) is 34.6 Å². The van der Waals surface area contributed by atoms with Crippen molar-refractivity contribution in [2.24, 2.45) is 0 Å². The second-order valence-corrected chi connectivity index (χ2v) is 5.19. The summed E-state index contributed by atoms with van der Waals surface area (Å²) >= 11 is 5.82. The Hall–Kier alpha value is -0.350. The number of benzene rings is 1. The molecule has 0 bridgehead atoms. The van der Waals surface area contributed by atoms with E-state index in [-0.39, 0.29) is 24.3 Å². The lowest BCUT2D eigenvalue weighted by molar-refractivity contribution is 0.161. The van der Waals surface area contributed by atoms with Crippen molar-refractivity contribution in [2.75, 3.05) is 26.2 Å². The molecule has 1 atom stereocenters. The number of hydrogen-bond donors (Lipinski definition) is 1. The van der Waals surface area contributed by atoms with Crippen LogP contribution in [0.5, 0.6) is 0 Å². The van der Waals surface area contributed by atoms with E-state index in [2.05, 4.69) is 17.1 Å². The summed E-state index contributed by atoms with van der Waals surface area (Å²) < 4.78 is 14.1. The predicted octanol–water partition coefficient (Wildman–Crippen LogP) is 3.65. The Morgan fingerprint density at radius 1 is 1.37 bits per heavy atom. The zero-order chi connectivity index (χ0) is 13.0. The molecule has 2 nitrogen and oxygen atoms in total. The van der Waals surface area contributed by atoms with Gasteiger partial charge in [0.2, 0.25) is 0 Å². The van der Waals surface area contributed by atoms with E-state index in [0.717, 1.165) is 44.6 Å². The van der Waals surface area contributed by atoms with E-state index < -0.39 is 0 Å². The summed E-state index contributed by atoms with van der Waals surface area (Å²) in [7, 11) is 0. The van der Waals surface area contributed by atoms with Crippen LogP contribution in [0.15, 0.2) is 18.2 Å². The predicted molar refractivity (Wildman–Crippen MR) is 80.7 cm³/mol. The summed E-state index contributed by atoms with van der Waals surface area (Å²) in [4.78, 5) is 2.37. The summed E-state index contributed by atoms with van der Waals surface area (Å²) in [5.41, 5.74) is 0.781. The lowest BCUT2D eigenvalue weighted by atomic mass is 9.99. The highest BCUT2D eigenvalue weighted by Gasteiger charge is 2.23. The van der Waals surface area contributed by atoms with Gasteiger partial charge in [0.25, 0.3) is 0 Å². The van der Waals surface area contributed by atoms with Gasteiger partial charge >= 0.3 is 0 Å². The molecule has 1 aromatic carbocycles. The Morgan fingerprint density at radius 3 is 2.63 bits per heavy atom. The second-order valence-electron chi connectivity index (χ2n) is 4.76. The summed E-state index contributed by atoms with van der Waals surface area (Å²) in [5.74, 6) is -0.181. The Balaban J connectivity index is 0.00000180. The first-order valence-electron chi connectivity index (χ1n) is 6.62. The standard InChI is InChI=1S/C14H20ClFN2.ClH/c1-2-3-14(18-8-6-17-7-9-18)12-5-4-11(15)10-13(12)16;/h4-5,10,14,17H,2-3,6-9H2,1H3;1H/t14-;/m0./s1. The van der Waals surface area contributed by atoms with E-state index in [1.807, 2.05) is 6.07 Å². The van der Waals surface area contributed by atoms with E-state index in [1.165, 1.54) is 6.07 Å². The third kappa shape index (κ3) is 4.32. The van der Waals surface area contributed by atoms with Gasteiger partial charge in [-0.1, -0.05) is 31.0 Å². The molecule has 2 rings (SSSR count). The van der Waals surface area contributed by atoms with Crippen LogP contribution in [0.1, 0.15) is 31.4 Å². The molecule has 5 heteroatoms. The minimum Gasteiger partial charge on any atom is -0.314 e. The molecule has 1 aliphatic rings. The van der Waals surface area contributed by atoms with Crippen LogP contribution in [0.4, 0.5) is 4.39 Å². The van der Waals surface area contributed by atoms with Gasteiger partial charge in [-0.25, -0.2) is 4.39 Å². The lowest BCUT2D eigenvalue weighted by Crippen LogP contribution is -2.45. The molecule has 1 saturated heterocycles. The highest BCUT2D eigenvalue weighted by Crippen LogP contribution is 2.29. The van der Waals surface area contributed by atoms with Gasteiger partial charge in [0.1, 0.15) is 5.82 Å². The molecule has 0 aliphatic carbocycles. The number of hydrogen-bond acceptors (Lipinski definition) is 2. The molecule has 1 aliphatic heterocycles. The quantitative estimate of drug-likeness (QED) is 0.913. The summed E-state index contributed by atoms with van der Waals surface area (Å²) in [6.45, 7) is 6.06. The third-order valence-electron chi connectivity index (χ3n) is 3.48. The SMILES string of the molecule is CCC[C@@H](c1ccc(Cl)cc1F)N1CCNCC1.Cl. The maximum atomic E-state index is 14.1. The average Bonchev–Trinajstić information content (AvgIpc) is 2.38. The molecule has 0 amide bonds. The van der Waals surface area contributed by atoms with E-state index in [9.17, 15) is 4.39 Å². The van der Waals surface area contributed by atoms with Crippen molar-refractivity contribution >= 4 is 24.0 Å². The zero-order valence-corrected chi connectivity index (χ0v) is 12.7. The van der Waals surface area contributed by atoms with Crippen LogP contribution < -0.4 is 5.32 Å². The molecule has 0 aromatic heterocycles. The molecular weight excluding hydrogens is 286 g/mol. The van der Waals surface area contributed by atoms with Gasteiger partial charge in [-0.2, -0.15) is 0 Å². The fourth-order valence-electron chi connectivity index (χ4n) is 2.57. The summed E-state index contributed by atoms with van der Waals surface area (Å²) in [5, 5.41) is 3.79. The van der Waals surface area contributed by atoms with Gasteiger partial charge < -0.3 is 5.32 Å². The van der Waals surface area contributed by atoms with Crippen molar-refractivity contribution in [1.82, 2.24) is 10.2 Å². The monoisotopic (exact) mass is 306 g/mol. The number of nitrogens with one attached hydrogen (secondary N) is 1. The van der Waals surface area contributed by atoms with Crippen LogP contribution in [-0.4, -0.2) is 31.1 Å². The molecular formula is C14H21Cl2FN2. The molecule has 1 aromatic rings. The molecule has 19 heavy (non-hydrogen) atoms. The Bertz CT molecular complexity index is 395. The van der Waals surface area contributed by atoms with Crippen LogP contribution in [0.2, 0.25) is 5.02 Å². The van der Waals surface area contributed by atoms with Gasteiger partial charge in [-0.05, 0) is 18.6 Å². The van der Waals surface area contributed by atoms with Gasteiger partial charge in [0, 0.05) is 42.8 Å². The average molecular weight is 307 g/mol. The summed E-state index contributed by atoms with van der Waals surface area (Å²) in [6, 6.07) is 5.21. The Labute approximate surface area is 125 Å². The first-order chi connectivity index (χ1) is 8.72. The number of piperazine rings is 1. The number of rotatable bonds is 4.